The Kier molecular flexibility index (Phi) is 9.09. The van der Waals surface area contributed by atoms with Crippen molar-refractivity contribution in [2.24, 2.45) is 0 Å². The zero-order chi connectivity index (χ0) is 27.1. The Morgan fingerprint density at radius 3 is 2.49 bits per heavy atom. The molecule has 2 radical (unpaired) electrons. The van der Waals surface area contributed by atoms with Crippen LogP contribution in [0.25, 0.3) is 0 Å². The first-order valence-electron chi connectivity index (χ1n) is 12.1. The third kappa shape index (κ3) is 6.97. The summed E-state index contributed by atoms with van der Waals surface area (Å²) >= 11 is 0. The van der Waals surface area contributed by atoms with Gasteiger partial charge in [0.15, 0.2) is 11.6 Å². The molecule has 1 aliphatic rings. The first kappa shape index (κ1) is 27.9. The molecular formula is C25H32BN5O6. The van der Waals surface area contributed by atoms with Gasteiger partial charge in [0.25, 0.3) is 5.91 Å². The molecule has 1 aromatic carbocycles. The lowest BCUT2D eigenvalue weighted by Crippen LogP contribution is -2.59. The molecule has 0 spiro atoms. The van der Waals surface area contributed by atoms with Gasteiger partial charge >= 0.3 is 5.97 Å². The second-order valence-corrected chi connectivity index (χ2v) is 9.40. The number of carbonyl (C=O) groups excluding carboxylic acids is 4. The van der Waals surface area contributed by atoms with Gasteiger partial charge in [-0.3, -0.25) is 14.4 Å². The van der Waals surface area contributed by atoms with Gasteiger partial charge in [-0.05, 0) is 45.6 Å². The van der Waals surface area contributed by atoms with Crippen molar-refractivity contribution < 1.29 is 28.7 Å². The van der Waals surface area contributed by atoms with Gasteiger partial charge in [0.05, 0.1) is 26.1 Å². The van der Waals surface area contributed by atoms with Gasteiger partial charge < -0.3 is 30.0 Å². The maximum atomic E-state index is 13.2. The van der Waals surface area contributed by atoms with Crippen LogP contribution in [-0.2, 0) is 36.0 Å². The molecule has 1 aliphatic carbocycles. The van der Waals surface area contributed by atoms with Crippen LogP contribution < -0.4 is 16.0 Å². The van der Waals surface area contributed by atoms with Crippen molar-refractivity contribution in [2.45, 2.75) is 63.8 Å². The van der Waals surface area contributed by atoms with Crippen LogP contribution in [0.15, 0.2) is 42.9 Å². The maximum absolute atomic E-state index is 13.2. The van der Waals surface area contributed by atoms with Crippen LogP contribution in [0.5, 0.6) is 0 Å². The fourth-order valence-electron chi connectivity index (χ4n) is 3.93. The quantitative estimate of drug-likeness (QED) is 0.292. The summed E-state index contributed by atoms with van der Waals surface area (Å²) in [5.41, 5.74) is -1.31. The third-order valence-electron chi connectivity index (χ3n) is 6.19. The Bertz CT molecular complexity index is 1120. The molecule has 37 heavy (non-hydrogen) atoms. The van der Waals surface area contributed by atoms with Gasteiger partial charge in [-0.25, -0.2) is 9.78 Å². The van der Waals surface area contributed by atoms with E-state index in [1.54, 1.807) is 17.7 Å². The molecule has 3 amide bonds. The molecule has 3 N–H and O–H groups in total. The Labute approximate surface area is 217 Å². The minimum Gasteiger partial charge on any atom is -0.464 e. The predicted molar refractivity (Wildman–Crippen MR) is 136 cm³/mol. The molecule has 3 rings (SSSR count). The Balaban J connectivity index is 1.71. The molecule has 1 heterocycles. The minimum atomic E-state index is -1.37. The lowest BCUT2D eigenvalue weighted by molar-refractivity contribution is -0.159. The van der Waals surface area contributed by atoms with E-state index in [2.05, 4.69) is 20.9 Å². The molecule has 12 heteroatoms. The molecular weight excluding hydrogens is 477 g/mol. The van der Waals surface area contributed by atoms with E-state index in [9.17, 15) is 19.2 Å². The van der Waals surface area contributed by atoms with Crippen LogP contribution in [0.3, 0.4) is 0 Å². The van der Waals surface area contributed by atoms with E-state index < -0.39 is 34.7 Å². The molecule has 1 atom stereocenters. The van der Waals surface area contributed by atoms with Gasteiger partial charge in [0.2, 0.25) is 13.8 Å². The van der Waals surface area contributed by atoms with Crippen LogP contribution in [0.4, 0.5) is 10.6 Å². The van der Waals surface area contributed by atoms with E-state index >= 15 is 0 Å². The van der Waals surface area contributed by atoms with E-state index in [-0.39, 0.29) is 31.6 Å². The summed E-state index contributed by atoms with van der Waals surface area (Å²) < 4.78 is 12.6. The SMILES string of the molecule is [B]C(=O)NC(C)(C)C(=O)N[C@H](COCc1ccccc1)C(=O)Nc1cn(C2(C(=O)OCC)CCC2)cn1. The summed E-state index contributed by atoms with van der Waals surface area (Å²) in [6.07, 6.45) is 5.15. The molecule has 11 nitrogen and oxygen atoms in total. The largest absolute Gasteiger partial charge is 0.464 e. The number of hydrogen-bond acceptors (Lipinski definition) is 7. The number of nitrogens with zero attached hydrogens (tertiary/aromatic N) is 2. The van der Waals surface area contributed by atoms with Crippen molar-refractivity contribution in [1.82, 2.24) is 20.2 Å². The highest BCUT2D eigenvalue weighted by molar-refractivity contribution is 6.57. The standard InChI is InChI=1S/C25H32BN5O6/c1-4-37-22(34)25(11-8-12-25)31-13-19(27-16-31)29-20(32)18(15-36-14-17-9-6-5-7-10-17)28-21(33)24(2,3)30-23(26)35/h5-7,9-10,13,16,18H,4,8,11-12,14-15H2,1-3H3,(H,28,33)(H,29,32)(H,30,35)/t18-/m1/s1. The second-order valence-electron chi connectivity index (χ2n) is 9.40. The number of carbonyl (C=O) groups is 4. The van der Waals surface area contributed by atoms with E-state index in [1.165, 1.54) is 20.2 Å². The molecule has 1 saturated carbocycles. The first-order chi connectivity index (χ1) is 17.6. The fourth-order valence-corrected chi connectivity index (χ4v) is 3.93. The topological polar surface area (TPSA) is 141 Å². The lowest BCUT2D eigenvalue weighted by atomic mass is 9.76. The van der Waals surface area contributed by atoms with Crippen molar-refractivity contribution >= 4 is 37.3 Å². The van der Waals surface area contributed by atoms with Crippen molar-refractivity contribution in [3.63, 3.8) is 0 Å². The zero-order valence-corrected chi connectivity index (χ0v) is 21.3. The van der Waals surface area contributed by atoms with Crippen LogP contribution in [0.2, 0.25) is 0 Å². The maximum Gasteiger partial charge on any atom is 0.332 e. The van der Waals surface area contributed by atoms with E-state index in [0.29, 0.717) is 12.8 Å². The molecule has 1 fully saturated rings. The number of amides is 3. The molecule has 1 aromatic heterocycles. The van der Waals surface area contributed by atoms with Crippen molar-refractivity contribution in [3.05, 3.63) is 48.4 Å². The lowest BCUT2D eigenvalue weighted by Gasteiger charge is -2.40. The van der Waals surface area contributed by atoms with Crippen molar-refractivity contribution in [3.8, 4) is 0 Å². The molecule has 0 aliphatic heterocycles. The summed E-state index contributed by atoms with van der Waals surface area (Å²) in [6.45, 7) is 5.01. The average Bonchev–Trinajstić information content (AvgIpc) is 3.25. The van der Waals surface area contributed by atoms with Crippen LogP contribution in [0.1, 0.15) is 45.6 Å². The average molecular weight is 509 g/mol. The zero-order valence-electron chi connectivity index (χ0n) is 21.3. The number of imidazole rings is 1. The summed E-state index contributed by atoms with van der Waals surface area (Å²) in [6, 6.07) is 8.25. The third-order valence-corrected chi connectivity index (χ3v) is 6.19. The van der Waals surface area contributed by atoms with Crippen LogP contribution >= 0.6 is 0 Å². The number of anilines is 1. The van der Waals surface area contributed by atoms with Gasteiger partial charge in [-0.15, -0.1) is 0 Å². The first-order valence-corrected chi connectivity index (χ1v) is 12.1. The smallest absolute Gasteiger partial charge is 0.332 e. The minimum absolute atomic E-state index is 0.146. The van der Waals surface area contributed by atoms with E-state index in [1.807, 2.05) is 30.3 Å². The van der Waals surface area contributed by atoms with Crippen molar-refractivity contribution in [2.75, 3.05) is 18.5 Å². The normalized spacial score (nSPS) is 15.1. The van der Waals surface area contributed by atoms with Crippen molar-refractivity contribution in [1.29, 1.82) is 0 Å². The molecule has 0 unspecified atom stereocenters. The number of hydrogen-bond donors (Lipinski definition) is 3. The van der Waals surface area contributed by atoms with Gasteiger partial charge in [0.1, 0.15) is 17.1 Å². The predicted octanol–water partition coefficient (Wildman–Crippen LogP) is 1.62. The van der Waals surface area contributed by atoms with E-state index in [4.69, 9.17) is 17.3 Å². The number of benzene rings is 1. The molecule has 0 bridgehead atoms. The Morgan fingerprint density at radius 1 is 1.19 bits per heavy atom. The fraction of sp³-hybridized carbons (Fsp3) is 0.480. The summed E-state index contributed by atoms with van der Waals surface area (Å²) in [4.78, 5) is 54.1. The number of ether oxygens (including phenoxy) is 2. The van der Waals surface area contributed by atoms with Gasteiger partial charge in [-0.1, -0.05) is 30.3 Å². The number of rotatable bonds is 12. The molecule has 0 saturated heterocycles. The Morgan fingerprint density at radius 2 is 1.89 bits per heavy atom. The summed E-state index contributed by atoms with van der Waals surface area (Å²) in [7, 11) is 5.17. The monoisotopic (exact) mass is 509 g/mol. The summed E-state index contributed by atoms with van der Waals surface area (Å²) in [5, 5.41) is 7.62. The number of esters is 1. The van der Waals surface area contributed by atoms with E-state index in [0.717, 1.165) is 12.0 Å². The molecule has 2 aromatic rings. The number of aromatic nitrogens is 2. The summed E-state index contributed by atoms with van der Waals surface area (Å²) in [5.74, 6) is -2.22. The second kappa shape index (κ2) is 12.0. The van der Waals surface area contributed by atoms with Gasteiger partial charge in [0, 0.05) is 6.20 Å². The molecule has 196 valence electrons. The Hall–Kier alpha value is -3.67. The highest BCUT2D eigenvalue weighted by Gasteiger charge is 2.47. The highest BCUT2D eigenvalue weighted by atomic mass is 16.5. The highest BCUT2D eigenvalue weighted by Crippen LogP contribution is 2.40. The van der Waals surface area contributed by atoms with Crippen LogP contribution in [-0.4, -0.2) is 65.8 Å². The van der Waals surface area contributed by atoms with Crippen LogP contribution in [0, 0.1) is 0 Å². The number of nitrogens with one attached hydrogen (secondary N) is 3. The van der Waals surface area contributed by atoms with Gasteiger partial charge in [-0.2, -0.15) is 0 Å².